The van der Waals surface area contributed by atoms with E-state index in [4.69, 9.17) is 4.74 Å². The highest BCUT2D eigenvalue weighted by Crippen LogP contribution is 2.13. The van der Waals surface area contributed by atoms with Gasteiger partial charge in [-0.2, -0.15) is 5.10 Å². The molecule has 2 heterocycles. The molecule has 1 aliphatic heterocycles. The summed E-state index contributed by atoms with van der Waals surface area (Å²) in [5, 5.41) is 7.81. The summed E-state index contributed by atoms with van der Waals surface area (Å²) in [5.74, 6) is -0.174. The van der Waals surface area contributed by atoms with Crippen LogP contribution in [0.4, 0.5) is 0 Å². The lowest BCUT2D eigenvalue weighted by Gasteiger charge is -2.15. The largest absolute Gasteiger partial charge is 0.466 e. The first-order chi connectivity index (χ1) is 9.28. The lowest BCUT2D eigenvalue weighted by Crippen LogP contribution is -2.19. The maximum atomic E-state index is 11.3. The van der Waals surface area contributed by atoms with E-state index in [9.17, 15) is 4.79 Å². The van der Waals surface area contributed by atoms with E-state index in [1.54, 1.807) is 4.68 Å². The molecule has 0 amide bonds. The first-order valence-electron chi connectivity index (χ1n) is 6.91. The van der Waals surface area contributed by atoms with Crippen LogP contribution in [0.5, 0.6) is 0 Å². The predicted octanol–water partition coefficient (Wildman–Crippen LogP) is 2.37. The normalized spacial score (nSPS) is 16.4. The van der Waals surface area contributed by atoms with E-state index in [1.165, 1.54) is 18.5 Å². The Balaban J connectivity index is 0.00000200. The van der Waals surface area contributed by atoms with E-state index < -0.39 is 0 Å². The molecule has 0 spiro atoms. The van der Waals surface area contributed by atoms with Crippen molar-refractivity contribution in [3.63, 3.8) is 0 Å². The fourth-order valence-electron chi connectivity index (χ4n) is 2.10. The van der Waals surface area contributed by atoms with Crippen molar-refractivity contribution in [1.29, 1.82) is 0 Å². The summed E-state index contributed by atoms with van der Waals surface area (Å²) in [7, 11) is 0. The molecule has 1 aliphatic rings. The number of ether oxygens (including phenoxy) is 1. The minimum atomic E-state index is -0.174. The number of allylic oxidation sites excluding steroid dienone is 1. The van der Waals surface area contributed by atoms with Crippen molar-refractivity contribution in [2.45, 2.75) is 39.2 Å². The molecule has 0 saturated carbocycles. The third-order valence-corrected chi connectivity index (χ3v) is 3.06. The Hall–Kier alpha value is -1.49. The zero-order valence-corrected chi connectivity index (χ0v) is 12.6. The molecule has 0 bridgehead atoms. The molecule has 20 heavy (non-hydrogen) atoms. The molecule has 1 fully saturated rings. The summed E-state index contributed by atoms with van der Waals surface area (Å²) < 4.78 is 6.67. The second-order valence-corrected chi connectivity index (χ2v) is 4.61. The topological polar surface area (TPSA) is 56.1 Å². The molecular weight excluding hydrogens is 278 g/mol. The number of halogens is 1. The van der Waals surface area contributed by atoms with Gasteiger partial charge in [0.2, 0.25) is 0 Å². The summed E-state index contributed by atoms with van der Waals surface area (Å²) in [6.45, 7) is 3.86. The van der Waals surface area contributed by atoms with Crippen LogP contribution in [-0.4, -0.2) is 28.9 Å². The Morgan fingerprint density at radius 1 is 1.55 bits per heavy atom. The molecule has 1 N–H and O–H groups in total. The van der Waals surface area contributed by atoms with Crippen LogP contribution in [0.1, 0.15) is 38.3 Å². The lowest BCUT2D eigenvalue weighted by atomic mass is 10.1. The highest BCUT2D eigenvalue weighted by atomic mass is 35.5. The Bertz CT molecular complexity index is 449. The van der Waals surface area contributed by atoms with Crippen LogP contribution >= 0.6 is 12.4 Å². The molecule has 1 saturated heterocycles. The van der Waals surface area contributed by atoms with Gasteiger partial charge in [-0.15, -0.1) is 12.4 Å². The Morgan fingerprint density at radius 2 is 2.40 bits per heavy atom. The maximum Gasteiger partial charge on any atom is 0.307 e. The van der Waals surface area contributed by atoms with Gasteiger partial charge in [0.15, 0.2) is 0 Å². The molecule has 5 nitrogen and oxygen atoms in total. The number of carbonyl (C=O) groups excluding carboxylic acids is 1. The van der Waals surface area contributed by atoms with Crippen molar-refractivity contribution in [3.8, 4) is 0 Å². The Kier molecular flexibility index (Phi) is 7.15. The average molecular weight is 300 g/mol. The van der Waals surface area contributed by atoms with Crippen LogP contribution in [-0.2, 0) is 16.1 Å². The number of hydrogen-bond acceptors (Lipinski definition) is 4. The van der Waals surface area contributed by atoms with Crippen molar-refractivity contribution < 1.29 is 9.53 Å². The molecule has 2 rings (SSSR count). The van der Waals surface area contributed by atoms with E-state index in [0.29, 0.717) is 19.6 Å². The highest BCUT2D eigenvalue weighted by molar-refractivity contribution is 5.85. The maximum absolute atomic E-state index is 11.3. The van der Waals surface area contributed by atoms with Gasteiger partial charge in [-0.05, 0) is 38.3 Å². The minimum absolute atomic E-state index is 0. The van der Waals surface area contributed by atoms with Crippen LogP contribution in [0.25, 0.3) is 6.08 Å². The van der Waals surface area contributed by atoms with Crippen molar-refractivity contribution in [2.75, 3.05) is 13.2 Å². The Morgan fingerprint density at radius 3 is 3.10 bits per heavy atom. The van der Waals surface area contributed by atoms with Crippen molar-refractivity contribution in [1.82, 2.24) is 15.1 Å². The van der Waals surface area contributed by atoms with Crippen LogP contribution in [0.3, 0.4) is 0 Å². The number of piperidine rings is 1. The molecule has 0 atom stereocenters. The first-order valence-corrected chi connectivity index (χ1v) is 6.91. The van der Waals surface area contributed by atoms with Gasteiger partial charge in [0.05, 0.1) is 25.3 Å². The van der Waals surface area contributed by atoms with Crippen LogP contribution < -0.4 is 5.32 Å². The van der Waals surface area contributed by atoms with Crippen molar-refractivity contribution in [3.05, 3.63) is 23.7 Å². The number of rotatable bonds is 5. The quantitative estimate of drug-likeness (QED) is 0.848. The van der Waals surface area contributed by atoms with Crippen molar-refractivity contribution in [2.24, 2.45) is 0 Å². The standard InChI is InChI=1S/C14H21N3O2.ClH/c1-2-19-14(18)7-10-17-9-6-13(16-17)11-12-5-3-4-8-15-12;/h6,9,11,15H,2-5,7-8,10H2,1H3;1H. The van der Waals surface area contributed by atoms with Gasteiger partial charge < -0.3 is 10.1 Å². The summed E-state index contributed by atoms with van der Waals surface area (Å²) >= 11 is 0. The minimum Gasteiger partial charge on any atom is -0.466 e. The third kappa shape index (κ3) is 5.25. The third-order valence-electron chi connectivity index (χ3n) is 3.06. The van der Waals surface area contributed by atoms with E-state index in [1.807, 2.05) is 19.2 Å². The molecule has 6 heteroatoms. The number of aryl methyl sites for hydroxylation is 1. The van der Waals surface area contributed by atoms with Crippen molar-refractivity contribution >= 4 is 24.5 Å². The second-order valence-electron chi connectivity index (χ2n) is 4.61. The predicted molar refractivity (Wildman–Crippen MR) is 80.6 cm³/mol. The summed E-state index contributed by atoms with van der Waals surface area (Å²) in [6.07, 6.45) is 7.92. The second kappa shape index (κ2) is 8.64. The van der Waals surface area contributed by atoms with E-state index in [-0.39, 0.29) is 18.4 Å². The molecule has 0 aliphatic carbocycles. The number of nitrogens with one attached hydrogen (secondary N) is 1. The molecule has 1 aromatic heterocycles. The molecule has 0 aromatic carbocycles. The molecule has 112 valence electrons. The molecule has 0 unspecified atom stereocenters. The summed E-state index contributed by atoms with van der Waals surface area (Å²) in [5.41, 5.74) is 2.19. The zero-order valence-electron chi connectivity index (χ0n) is 11.8. The van der Waals surface area contributed by atoms with E-state index in [2.05, 4.69) is 16.5 Å². The monoisotopic (exact) mass is 299 g/mol. The fourth-order valence-corrected chi connectivity index (χ4v) is 2.10. The number of nitrogens with zero attached hydrogens (tertiary/aromatic N) is 2. The average Bonchev–Trinajstić information content (AvgIpc) is 2.86. The number of esters is 1. The van der Waals surface area contributed by atoms with Crippen LogP contribution in [0.2, 0.25) is 0 Å². The zero-order chi connectivity index (χ0) is 13.5. The van der Waals surface area contributed by atoms with Gasteiger partial charge >= 0.3 is 5.97 Å². The first kappa shape index (κ1) is 16.6. The van der Waals surface area contributed by atoms with Gasteiger partial charge in [0.1, 0.15) is 0 Å². The van der Waals surface area contributed by atoms with E-state index >= 15 is 0 Å². The summed E-state index contributed by atoms with van der Waals surface area (Å²) in [6, 6.07) is 1.97. The van der Waals surface area contributed by atoms with Gasteiger partial charge in [-0.25, -0.2) is 0 Å². The van der Waals surface area contributed by atoms with E-state index in [0.717, 1.165) is 18.7 Å². The van der Waals surface area contributed by atoms with Gasteiger partial charge in [-0.1, -0.05) is 0 Å². The highest BCUT2D eigenvalue weighted by Gasteiger charge is 2.06. The molecule has 1 aromatic rings. The van der Waals surface area contributed by atoms with Crippen LogP contribution in [0, 0.1) is 0 Å². The Labute approximate surface area is 125 Å². The summed E-state index contributed by atoms with van der Waals surface area (Å²) in [4.78, 5) is 11.3. The van der Waals surface area contributed by atoms with Gasteiger partial charge in [0.25, 0.3) is 0 Å². The fraction of sp³-hybridized carbons (Fsp3) is 0.571. The molecule has 0 radical (unpaired) electrons. The number of hydrogen-bond donors (Lipinski definition) is 1. The number of aromatic nitrogens is 2. The smallest absolute Gasteiger partial charge is 0.307 e. The lowest BCUT2D eigenvalue weighted by molar-refractivity contribution is -0.143. The van der Waals surface area contributed by atoms with Crippen LogP contribution in [0.15, 0.2) is 18.0 Å². The number of carbonyl (C=O) groups is 1. The SMILES string of the molecule is CCOC(=O)CCn1ccc(C=C2CCCCN2)n1.Cl. The molecular formula is C14H22ClN3O2. The van der Waals surface area contributed by atoms with Gasteiger partial charge in [-0.3, -0.25) is 9.48 Å². The van der Waals surface area contributed by atoms with Gasteiger partial charge in [0, 0.05) is 18.4 Å².